The number of hydrogen-bond acceptors (Lipinski definition) is 5. The quantitative estimate of drug-likeness (QED) is 0.810. The Hall–Kier alpha value is -1.19. The molecule has 3 saturated heterocycles. The lowest BCUT2D eigenvalue weighted by Crippen LogP contribution is -2.50. The molecule has 2 N–H and O–H groups in total. The topological polar surface area (TPSA) is 79.1 Å². The lowest BCUT2D eigenvalue weighted by Gasteiger charge is -2.34. The highest BCUT2D eigenvalue weighted by Crippen LogP contribution is 2.35. The van der Waals surface area contributed by atoms with Crippen LogP contribution in [0.3, 0.4) is 0 Å². The second kappa shape index (κ2) is 7.09. The number of nitrogens with zero attached hydrogens (tertiary/aromatic N) is 3. The van der Waals surface area contributed by atoms with E-state index in [9.17, 15) is 8.42 Å². The molecule has 2 bridgehead atoms. The van der Waals surface area contributed by atoms with E-state index in [4.69, 9.17) is 9.88 Å². The Morgan fingerprint density at radius 2 is 1.73 bits per heavy atom. The SMILES string of the molecule is NS(=O)(=O)N1CCN(Cc2ccc(O[C@@]34CCCN(CC3)C4)cc2)CC1. The molecule has 3 heterocycles. The summed E-state index contributed by atoms with van der Waals surface area (Å²) in [5.41, 5.74) is 1.24. The van der Waals surface area contributed by atoms with Gasteiger partial charge in [-0.1, -0.05) is 12.1 Å². The molecule has 1 aromatic rings. The summed E-state index contributed by atoms with van der Waals surface area (Å²) in [6.45, 7) is 6.56. The van der Waals surface area contributed by atoms with Crippen molar-refractivity contribution in [2.75, 3.05) is 45.8 Å². The average Bonchev–Trinajstić information content (AvgIpc) is 2.90. The van der Waals surface area contributed by atoms with Crippen LogP contribution in [0.25, 0.3) is 0 Å². The first-order chi connectivity index (χ1) is 12.4. The van der Waals surface area contributed by atoms with E-state index in [0.717, 1.165) is 38.2 Å². The van der Waals surface area contributed by atoms with Crippen LogP contribution < -0.4 is 9.88 Å². The normalized spacial score (nSPS) is 30.4. The minimum Gasteiger partial charge on any atom is -0.486 e. The number of rotatable bonds is 5. The van der Waals surface area contributed by atoms with Gasteiger partial charge in [0.15, 0.2) is 0 Å². The van der Waals surface area contributed by atoms with E-state index < -0.39 is 10.2 Å². The Labute approximate surface area is 155 Å². The standard InChI is InChI=1S/C18H28N4O3S/c19-26(23,24)22-12-10-20(11-13-22)14-16-2-4-17(5-3-16)25-18-6-1-8-21(15-18)9-7-18/h2-5H,1,6-15H2,(H2,19,23,24)/t18-/m0/s1. The summed E-state index contributed by atoms with van der Waals surface area (Å²) in [5.74, 6) is 0.955. The predicted octanol–water partition coefficient (Wildman–Crippen LogP) is 0.625. The molecule has 0 aromatic heterocycles. The lowest BCUT2D eigenvalue weighted by atomic mass is 9.94. The van der Waals surface area contributed by atoms with Gasteiger partial charge in [0.05, 0.1) is 0 Å². The third kappa shape index (κ3) is 4.04. The summed E-state index contributed by atoms with van der Waals surface area (Å²) in [7, 11) is -3.56. The van der Waals surface area contributed by atoms with Gasteiger partial charge in [0.2, 0.25) is 0 Å². The number of hydrogen-bond donors (Lipinski definition) is 1. The van der Waals surface area contributed by atoms with Gasteiger partial charge in [-0.3, -0.25) is 9.80 Å². The van der Waals surface area contributed by atoms with Crippen LogP contribution in [0.4, 0.5) is 0 Å². The van der Waals surface area contributed by atoms with Gasteiger partial charge in [-0.2, -0.15) is 12.7 Å². The molecule has 4 rings (SSSR count). The van der Waals surface area contributed by atoms with Crippen molar-refractivity contribution in [1.29, 1.82) is 0 Å². The summed E-state index contributed by atoms with van der Waals surface area (Å²) in [5, 5.41) is 5.19. The van der Waals surface area contributed by atoms with Crippen LogP contribution in [0.2, 0.25) is 0 Å². The minimum atomic E-state index is -3.56. The fourth-order valence-electron chi connectivity index (χ4n) is 4.39. The fourth-order valence-corrected chi connectivity index (χ4v) is 5.07. The van der Waals surface area contributed by atoms with E-state index >= 15 is 0 Å². The van der Waals surface area contributed by atoms with E-state index in [1.807, 2.05) is 0 Å². The predicted molar refractivity (Wildman–Crippen MR) is 100 cm³/mol. The Morgan fingerprint density at radius 3 is 2.42 bits per heavy atom. The molecule has 0 amide bonds. The first kappa shape index (κ1) is 18.2. The molecular formula is C18H28N4O3S. The molecule has 144 valence electrons. The molecule has 0 spiro atoms. The van der Waals surface area contributed by atoms with Crippen molar-refractivity contribution in [3.8, 4) is 5.75 Å². The highest BCUT2D eigenvalue weighted by Gasteiger charge is 2.42. The van der Waals surface area contributed by atoms with Gasteiger partial charge in [-0.05, 0) is 37.1 Å². The summed E-state index contributed by atoms with van der Waals surface area (Å²) in [4.78, 5) is 4.76. The molecular weight excluding hydrogens is 352 g/mol. The molecule has 8 heteroatoms. The van der Waals surface area contributed by atoms with Crippen molar-refractivity contribution in [1.82, 2.24) is 14.1 Å². The Bertz CT molecular complexity index is 727. The highest BCUT2D eigenvalue weighted by atomic mass is 32.2. The van der Waals surface area contributed by atoms with Crippen LogP contribution in [-0.4, -0.2) is 73.9 Å². The number of piperidine rings is 1. The maximum Gasteiger partial charge on any atom is 0.276 e. The maximum absolute atomic E-state index is 11.4. The third-order valence-corrected chi connectivity index (χ3v) is 6.94. The third-order valence-electron chi connectivity index (χ3n) is 5.86. The summed E-state index contributed by atoms with van der Waals surface area (Å²) in [6, 6.07) is 8.38. The summed E-state index contributed by atoms with van der Waals surface area (Å²) < 4.78 is 30.5. The first-order valence-electron chi connectivity index (χ1n) is 9.43. The monoisotopic (exact) mass is 380 g/mol. The summed E-state index contributed by atoms with van der Waals surface area (Å²) in [6.07, 6.45) is 3.51. The van der Waals surface area contributed by atoms with Gasteiger partial charge in [0.25, 0.3) is 10.2 Å². The van der Waals surface area contributed by atoms with E-state index in [1.54, 1.807) is 0 Å². The average molecular weight is 381 g/mol. The molecule has 0 aliphatic carbocycles. The van der Waals surface area contributed by atoms with Gasteiger partial charge >= 0.3 is 0 Å². The molecule has 0 saturated carbocycles. The number of fused-ring (bicyclic) bond motifs is 2. The van der Waals surface area contributed by atoms with Gasteiger partial charge in [0, 0.05) is 52.2 Å². The van der Waals surface area contributed by atoms with Gasteiger partial charge in [-0.25, -0.2) is 5.14 Å². The Morgan fingerprint density at radius 1 is 1.00 bits per heavy atom. The number of piperazine rings is 1. The van der Waals surface area contributed by atoms with E-state index in [1.165, 1.54) is 22.8 Å². The van der Waals surface area contributed by atoms with E-state index in [2.05, 4.69) is 34.1 Å². The fraction of sp³-hybridized carbons (Fsp3) is 0.667. The van der Waals surface area contributed by atoms with Crippen molar-refractivity contribution in [3.63, 3.8) is 0 Å². The zero-order valence-electron chi connectivity index (χ0n) is 15.1. The van der Waals surface area contributed by atoms with Crippen molar-refractivity contribution in [3.05, 3.63) is 29.8 Å². The molecule has 1 unspecified atom stereocenters. The molecule has 1 aromatic carbocycles. The number of nitrogens with two attached hydrogens (primary N) is 1. The zero-order chi connectivity index (χ0) is 18.2. The highest BCUT2D eigenvalue weighted by molar-refractivity contribution is 7.86. The van der Waals surface area contributed by atoms with E-state index in [-0.39, 0.29) is 5.60 Å². The van der Waals surface area contributed by atoms with E-state index in [0.29, 0.717) is 26.2 Å². The van der Waals surface area contributed by atoms with Crippen LogP contribution in [0, 0.1) is 0 Å². The number of ether oxygens (including phenoxy) is 1. The van der Waals surface area contributed by atoms with Crippen LogP contribution in [0.1, 0.15) is 24.8 Å². The van der Waals surface area contributed by atoms with Crippen LogP contribution in [-0.2, 0) is 16.8 Å². The second-order valence-electron chi connectivity index (χ2n) is 7.78. The molecule has 7 nitrogen and oxygen atoms in total. The van der Waals surface area contributed by atoms with Crippen LogP contribution in [0.5, 0.6) is 5.75 Å². The summed E-state index contributed by atoms with van der Waals surface area (Å²) >= 11 is 0. The van der Waals surface area contributed by atoms with Gasteiger partial charge < -0.3 is 4.74 Å². The Balaban J connectivity index is 1.31. The molecule has 3 fully saturated rings. The molecule has 2 atom stereocenters. The smallest absolute Gasteiger partial charge is 0.276 e. The second-order valence-corrected chi connectivity index (χ2v) is 9.33. The van der Waals surface area contributed by atoms with Gasteiger partial charge in [-0.15, -0.1) is 0 Å². The van der Waals surface area contributed by atoms with Crippen molar-refractivity contribution in [2.24, 2.45) is 5.14 Å². The van der Waals surface area contributed by atoms with Crippen LogP contribution >= 0.6 is 0 Å². The molecule has 3 aliphatic rings. The molecule has 26 heavy (non-hydrogen) atoms. The number of benzene rings is 1. The minimum absolute atomic E-state index is 0.0177. The zero-order valence-corrected chi connectivity index (χ0v) is 16.0. The largest absolute Gasteiger partial charge is 0.486 e. The Kier molecular flexibility index (Phi) is 4.96. The van der Waals surface area contributed by atoms with Gasteiger partial charge in [0.1, 0.15) is 11.4 Å². The van der Waals surface area contributed by atoms with Crippen molar-refractivity contribution >= 4 is 10.2 Å². The van der Waals surface area contributed by atoms with Crippen molar-refractivity contribution < 1.29 is 13.2 Å². The maximum atomic E-state index is 11.4. The lowest BCUT2D eigenvalue weighted by molar-refractivity contribution is 0.0452. The molecule has 3 aliphatic heterocycles. The molecule has 0 radical (unpaired) electrons. The van der Waals surface area contributed by atoms with Crippen LogP contribution in [0.15, 0.2) is 24.3 Å². The first-order valence-corrected chi connectivity index (χ1v) is 10.9. The van der Waals surface area contributed by atoms with Crippen molar-refractivity contribution in [2.45, 2.75) is 31.4 Å².